The molecular weight excluding hydrogens is 492 g/mol. The van der Waals surface area contributed by atoms with E-state index in [1.165, 1.54) is 0 Å². The quantitative estimate of drug-likeness (QED) is 0.335. The molecule has 0 aliphatic heterocycles. The Morgan fingerprint density at radius 2 is 2.00 bits per heavy atom. The lowest BCUT2D eigenvalue weighted by atomic mass is 9.85. The average Bonchev–Trinajstić information content (AvgIpc) is 2.71. The molecule has 0 bridgehead atoms. The number of halogens is 4. The van der Waals surface area contributed by atoms with E-state index >= 15 is 0 Å². The Morgan fingerprint density at radius 1 is 1.17 bits per heavy atom. The number of aliphatic imine (C=N–C) groups is 1. The molecule has 2 aromatic rings. The van der Waals surface area contributed by atoms with Gasteiger partial charge in [-0.15, -0.1) is 24.0 Å². The first-order chi connectivity index (χ1) is 13.5. The number of nitrogens with one attached hydrogen (secondary N) is 2. The van der Waals surface area contributed by atoms with Crippen molar-refractivity contribution in [2.45, 2.75) is 44.4 Å². The van der Waals surface area contributed by atoms with E-state index in [0.29, 0.717) is 18.9 Å². The highest BCUT2D eigenvalue weighted by Crippen LogP contribution is 2.37. The van der Waals surface area contributed by atoms with Crippen molar-refractivity contribution in [1.82, 2.24) is 15.6 Å². The van der Waals surface area contributed by atoms with Gasteiger partial charge in [0.05, 0.1) is 11.6 Å². The van der Waals surface area contributed by atoms with Crippen LogP contribution in [-0.4, -0.2) is 30.2 Å². The van der Waals surface area contributed by atoms with E-state index in [2.05, 4.69) is 20.6 Å². The molecule has 158 valence electrons. The van der Waals surface area contributed by atoms with Crippen molar-refractivity contribution < 1.29 is 13.2 Å². The predicted molar refractivity (Wildman–Crippen MR) is 120 cm³/mol. The number of benzene rings is 1. The van der Waals surface area contributed by atoms with Crippen LogP contribution in [0.5, 0.6) is 0 Å². The summed E-state index contributed by atoms with van der Waals surface area (Å²) in [6, 6.07) is 13.6. The summed E-state index contributed by atoms with van der Waals surface area (Å²) in [6.45, 7) is 0.524. The molecule has 1 saturated carbocycles. The molecule has 0 saturated heterocycles. The van der Waals surface area contributed by atoms with E-state index in [9.17, 15) is 13.2 Å². The van der Waals surface area contributed by atoms with Crippen molar-refractivity contribution in [2.75, 3.05) is 7.05 Å². The monoisotopic (exact) mass is 518 g/mol. The van der Waals surface area contributed by atoms with Gasteiger partial charge in [0, 0.05) is 31.4 Å². The number of nitrogens with zero attached hydrogens (tertiary/aromatic N) is 2. The molecule has 29 heavy (non-hydrogen) atoms. The zero-order chi connectivity index (χ0) is 20.0. The Balaban J connectivity index is 0.00000300. The number of hydrogen-bond acceptors (Lipinski definition) is 2. The smallest absolute Gasteiger partial charge is 0.354 e. The van der Waals surface area contributed by atoms with Crippen LogP contribution >= 0.6 is 24.0 Å². The summed E-state index contributed by atoms with van der Waals surface area (Å²) in [5.74, 6) is -0.706. The summed E-state index contributed by atoms with van der Waals surface area (Å²) in [5, 5.41) is 6.35. The summed E-state index contributed by atoms with van der Waals surface area (Å²) < 4.78 is 39.0. The van der Waals surface area contributed by atoms with Gasteiger partial charge in [-0.25, -0.2) is 0 Å². The number of alkyl halides is 3. The number of hydrogen-bond donors (Lipinski definition) is 2. The molecule has 8 heteroatoms. The zero-order valence-electron chi connectivity index (χ0n) is 16.2. The van der Waals surface area contributed by atoms with Crippen molar-refractivity contribution in [3.05, 3.63) is 54.2 Å². The van der Waals surface area contributed by atoms with E-state index in [-0.39, 0.29) is 42.9 Å². The molecule has 2 unspecified atom stereocenters. The van der Waals surface area contributed by atoms with Crippen LogP contribution in [0, 0.1) is 5.92 Å². The Bertz CT molecular complexity index is 796. The Labute approximate surface area is 186 Å². The van der Waals surface area contributed by atoms with Crippen molar-refractivity contribution in [3.8, 4) is 11.3 Å². The summed E-state index contributed by atoms with van der Waals surface area (Å²) >= 11 is 0. The second kappa shape index (κ2) is 10.8. The van der Waals surface area contributed by atoms with Gasteiger partial charge < -0.3 is 10.6 Å². The number of aromatic nitrogens is 1. The van der Waals surface area contributed by atoms with Crippen molar-refractivity contribution in [3.63, 3.8) is 0 Å². The van der Waals surface area contributed by atoms with Crippen LogP contribution in [0.2, 0.25) is 0 Å². The first-order valence-corrected chi connectivity index (χ1v) is 9.50. The maximum Gasteiger partial charge on any atom is 0.391 e. The molecule has 2 atom stereocenters. The van der Waals surface area contributed by atoms with Gasteiger partial charge in [-0.1, -0.05) is 30.7 Å². The maximum absolute atomic E-state index is 13.0. The van der Waals surface area contributed by atoms with Crippen LogP contribution in [0.4, 0.5) is 13.2 Å². The summed E-state index contributed by atoms with van der Waals surface area (Å²) in [6.07, 6.45) is -0.756. The molecule has 0 spiro atoms. The molecule has 1 aliphatic rings. The molecule has 1 aromatic carbocycles. The van der Waals surface area contributed by atoms with Gasteiger partial charge in [0.2, 0.25) is 0 Å². The first-order valence-electron chi connectivity index (χ1n) is 9.50. The second-order valence-corrected chi connectivity index (χ2v) is 7.09. The van der Waals surface area contributed by atoms with Gasteiger partial charge in [0.1, 0.15) is 0 Å². The topological polar surface area (TPSA) is 49.3 Å². The van der Waals surface area contributed by atoms with E-state index in [0.717, 1.165) is 23.2 Å². The number of rotatable bonds is 4. The fourth-order valence-corrected chi connectivity index (χ4v) is 3.57. The van der Waals surface area contributed by atoms with E-state index < -0.39 is 12.1 Å². The highest BCUT2D eigenvalue weighted by atomic mass is 127. The van der Waals surface area contributed by atoms with Crippen LogP contribution in [-0.2, 0) is 6.54 Å². The van der Waals surface area contributed by atoms with Gasteiger partial charge in [0.25, 0.3) is 0 Å². The highest BCUT2D eigenvalue weighted by Gasteiger charge is 2.42. The average molecular weight is 518 g/mol. The van der Waals surface area contributed by atoms with E-state index in [1.54, 1.807) is 13.2 Å². The van der Waals surface area contributed by atoms with E-state index in [1.807, 2.05) is 42.5 Å². The molecule has 2 N–H and O–H groups in total. The minimum absolute atomic E-state index is 0. The van der Waals surface area contributed by atoms with E-state index in [4.69, 9.17) is 0 Å². The van der Waals surface area contributed by atoms with Gasteiger partial charge >= 0.3 is 6.18 Å². The van der Waals surface area contributed by atoms with Crippen LogP contribution in [0.1, 0.15) is 31.2 Å². The molecule has 1 heterocycles. The van der Waals surface area contributed by atoms with Gasteiger partial charge in [-0.2, -0.15) is 13.2 Å². The van der Waals surface area contributed by atoms with Crippen molar-refractivity contribution in [1.29, 1.82) is 0 Å². The van der Waals surface area contributed by atoms with Crippen LogP contribution in [0.25, 0.3) is 11.3 Å². The Morgan fingerprint density at radius 3 is 2.69 bits per heavy atom. The minimum Gasteiger partial charge on any atom is -0.354 e. The lowest BCUT2D eigenvalue weighted by Gasteiger charge is -2.31. The van der Waals surface area contributed by atoms with Crippen LogP contribution < -0.4 is 10.6 Å². The summed E-state index contributed by atoms with van der Waals surface area (Å²) in [4.78, 5) is 8.52. The molecule has 0 radical (unpaired) electrons. The fourth-order valence-electron chi connectivity index (χ4n) is 3.57. The van der Waals surface area contributed by atoms with Crippen LogP contribution in [0.3, 0.4) is 0 Å². The SMILES string of the molecule is CN=C(NCc1cccc(-c2ccccn2)c1)NC1CCCC(C(F)(F)F)C1.I. The summed E-state index contributed by atoms with van der Waals surface area (Å²) in [5.41, 5.74) is 2.96. The molecule has 4 nitrogen and oxygen atoms in total. The predicted octanol–water partition coefficient (Wildman–Crippen LogP) is 5.15. The molecule has 0 amide bonds. The van der Waals surface area contributed by atoms with Gasteiger partial charge in [-0.3, -0.25) is 9.98 Å². The lowest BCUT2D eigenvalue weighted by Crippen LogP contribution is -2.46. The third-order valence-electron chi connectivity index (χ3n) is 5.05. The largest absolute Gasteiger partial charge is 0.391 e. The third kappa shape index (κ3) is 6.87. The normalized spacial score (nSPS) is 19.9. The molecule has 3 rings (SSSR count). The molecule has 1 aliphatic carbocycles. The van der Waals surface area contributed by atoms with Crippen LogP contribution in [0.15, 0.2) is 53.7 Å². The molecular formula is C21H26F3IN4. The molecule has 1 aromatic heterocycles. The number of pyridine rings is 1. The highest BCUT2D eigenvalue weighted by molar-refractivity contribution is 14.0. The molecule has 1 fully saturated rings. The minimum atomic E-state index is -4.12. The van der Waals surface area contributed by atoms with Gasteiger partial charge in [0.15, 0.2) is 5.96 Å². The third-order valence-corrected chi connectivity index (χ3v) is 5.05. The second-order valence-electron chi connectivity index (χ2n) is 7.09. The lowest BCUT2D eigenvalue weighted by molar-refractivity contribution is -0.183. The zero-order valence-corrected chi connectivity index (χ0v) is 18.6. The summed E-state index contributed by atoms with van der Waals surface area (Å²) in [7, 11) is 1.63. The maximum atomic E-state index is 13.0. The first kappa shape index (κ1) is 23.4. The standard InChI is InChI=1S/C21H25F3N4.HI/c1-25-20(28-18-9-5-8-17(13-18)21(22,23)24)27-14-15-6-4-7-16(12-15)19-10-2-3-11-26-19;/h2-4,6-7,10-12,17-18H,5,8-9,13-14H2,1H3,(H2,25,27,28);1H. The Kier molecular flexibility index (Phi) is 8.73. The van der Waals surface area contributed by atoms with Gasteiger partial charge in [-0.05, 0) is 43.0 Å². The fraction of sp³-hybridized carbons (Fsp3) is 0.429. The van der Waals surface area contributed by atoms with Crippen molar-refractivity contribution >= 4 is 29.9 Å². The Hall–Kier alpha value is -1.84. The van der Waals surface area contributed by atoms with Crippen molar-refractivity contribution in [2.24, 2.45) is 10.9 Å². The number of guanidine groups is 1.